The van der Waals surface area contributed by atoms with Gasteiger partial charge in [0.05, 0.1) is 0 Å². The van der Waals surface area contributed by atoms with Gasteiger partial charge >= 0.3 is 0 Å². The summed E-state index contributed by atoms with van der Waals surface area (Å²) in [6, 6.07) is 17.5. The van der Waals surface area contributed by atoms with E-state index in [1.165, 1.54) is 5.56 Å². The zero-order valence-electron chi connectivity index (χ0n) is 13.9. The Morgan fingerprint density at radius 2 is 1.50 bits per heavy atom. The lowest BCUT2D eigenvalue weighted by Crippen LogP contribution is -2.50. The van der Waals surface area contributed by atoms with Crippen molar-refractivity contribution < 1.29 is 9.59 Å². The topological polar surface area (TPSA) is 40.6 Å². The van der Waals surface area contributed by atoms with Crippen LogP contribution in [0, 0.1) is 6.92 Å². The van der Waals surface area contributed by atoms with Crippen molar-refractivity contribution in [2.75, 3.05) is 26.2 Å². The van der Waals surface area contributed by atoms with Gasteiger partial charge in [0.15, 0.2) is 0 Å². The Balaban J connectivity index is 1.55. The lowest BCUT2D eigenvalue weighted by atomic mass is 10.1. The van der Waals surface area contributed by atoms with E-state index in [9.17, 15) is 9.59 Å². The quantitative estimate of drug-likeness (QED) is 0.641. The van der Waals surface area contributed by atoms with Gasteiger partial charge in [-0.05, 0) is 12.5 Å². The van der Waals surface area contributed by atoms with E-state index in [2.05, 4.69) is 17.0 Å². The number of nitrogens with zero attached hydrogens (tertiary/aromatic N) is 2. The second-order valence-corrected chi connectivity index (χ2v) is 6.25. The molecule has 0 unspecified atom stereocenters. The van der Waals surface area contributed by atoms with Crippen LogP contribution < -0.4 is 0 Å². The van der Waals surface area contributed by atoms with E-state index in [0.29, 0.717) is 18.7 Å². The minimum absolute atomic E-state index is 0.391. The largest absolute Gasteiger partial charge is 0.333 e. The highest BCUT2D eigenvalue weighted by atomic mass is 16.2. The van der Waals surface area contributed by atoms with Crippen molar-refractivity contribution in [2.24, 2.45) is 0 Å². The zero-order valence-corrected chi connectivity index (χ0v) is 13.9. The van der Waals surface area contributed by atoms with Crippen LogP contribution in [0.4, 0.5) is 0 Å². The molecule has 2 aromatic rings. The number of benzene rings is 2. The Morgan fingerprint density at radius 1 is 0.875 bits per heavy atom. The fraction of sp³-hybridized carbons (Fsp3) is 0.300. The first-order chi connectivity index (χ1) is 11.6. The third-order valence-corrected chi connectivity index (χ3v) is 4.42. The van der Waals surface area contributed by atoms with Gasteiger partial charge in [-0.25, -0.2) is 0 Å². The highest BCUT2D eigenvalue weighted by Gasteiger charge is 2.26. The molecular weight excluding hydrogens is 300 g/mol. The lowest BCUT2D eigenvalue weighted by molar-refractivity contribution is -0.128. The van der Waals surface area contributed by atoms with Gasteiger partial charge in [-0.2, -0.15) is 0 Å². The molecule has 3 rings (SSSR count). The van der Waals surface area contributed by atoms with Crippen molar-refractivity contribution in [3.8, 4) is 0 Å². The van der Waals surface area contributed by atoms with Crippen molar-refractivity contribution in [3.63, 3.8) is 0 Å². The van der Waals surface area contributed by atoms with Gasteiger partial charge in [0.1, 0.15) is 0 Å². The van der Waals surface area contributed by atoms with Crippen LogP contribution in [-0.2, 0) is 11.3 Å². The second-order valence-electron chi connectivity index (χ2n) is 6.25. The van der Waals surface area contributed by atoms with Gasteiger partial charge in [0.25, 0.3) is 5.91 Å². The highest BCUT2D eigenvalue weighted by molar-refractivity contribution is 6.42. The molecule has 0 radical (unpaired) electrons. The summed E-state index contributed by atoms with van der Waals surface area (Å²) in [5.41, 5.74) is 2.82. The smallest absolute Gasteiger partial charge is 0.295 e. The fourth-order valence-corrected chi connectivity index (χ4v) is 2.92. The number of carbonyl (C=O) groups excluding carboxylic acids is 2. The lowest BCUT2D eigenvalue weighted by Gasteiger charge is -2.34. The minimum atomic E-state index is -0.411. The van der Waals surface area contributed by atoms with Crippen LogP contribution in [0.5, 0.6) is 0 Å². The SMILES string of the molecule is Cc1ccc(C(=O)C(=O)N2CCN(Cc3ccccc3)CC2)cc1. The van der Waals surface area contributed by atoms with E-state index in [-0.39, 0.29) is 0 Å². The van der Waals surface area contributed by atoms with E-state index in [1.807, 2.05) is 37.3 Å². The molecule has 1 fully saturated rings. The molecule has 1 amide bonds. The Kier molecular flexibility index (Phi) is 5.06. The summed E-state index contributed by atoms with van der Waals surface area (Å²) in [5.74, 6) is -0.801. The maximum absolute atomic E-state index is 12.4. The molecule has 4 heteroatoms. The summed E-state index contributed by atoms with van der Waals surface area (Å²) < 4.78 is 0. The monoisotopic (exact) mass is 322 g/mol. The maximum atomic E-state index is 12.4. The number of piperazine rings is 1. The number of aryl methyl sites for hydroxylation is 1. The van der Waals surface area contributed by atoms with Crippen LogP contribution in [0.15, 0.2) is 54.6 Å². The molecule has 0 N–H and O–H groups in total. The fourth-order valence-electron chi connectivity index (χ4n) is 2.92. The van der Waals surface area contributed by atoms with Crippen LogP contribution in [0.3, 0.4) is 0 Å². The second kappa shape index (κ2) is 7.41. The summed E-state index contributed by atoms with van der Waals surface area (Å²) >= 11 is 0. The summed E-state index contributed by atoms with van der Waals surface area (Å²) in [5, 5.41) is 0. The van der Waals surface area contributed by atoms with Crippen LogP contribution in [-0.4, -0.2) is 47.7 Å². The Labute approximate surface area is 142 Å². The number of ketones is 1. The van der Waals surface area contributed by atoms with Gasteiger partial charge in [-0.3, -0.25) is 14.5 Å². The number of Topliss-reactive ketones (excluding diaryl/α,β-unsaturated/α-hetero) is 1. The first-order valence-electron chi connectivity index (χ1n) is 8.30. The van der Waals surface area contributed by atoms with Gasteiger partial charge in [-0.15, -0.1) is 0 Å². The zero-order chi connectivity index (χ0) is 16.9. The van der Waals surface area contributed by atoms with E-state index >= 15 is 0 Å². The van der Waals surface area contributed by atoms with E-state index in [0.717, 1.165) is 25.2 Å². The summed E-state index contributed by atoms with van der Waals surface area (Å²) in [6.07, 6.45) is 0. The molecule has 1 aliphatic rings. The third kappa shape index (κ3) is 3.89. The van der Waals surface area contributed by atoms with E-state index < -0.39 is 11.7 Å². The molecule has 1 aliphatic heterocycles. The average Bonchev–Trinajstić information content (AvgIpc) is 2.63. The molecule has 0 atom stereocenters. The van der Waals surface area contributed by atoms with Crippen LogP contribution >= 0.6 is 0 Å². The highest BCUT2D eigenvalue weighted by Crippen LogP contribution is 2.11. The first kappa shape index (κ1) is 16.4. The molecular formula is C20H22N2O2. The molecule has 1 heterocycles. The average molecular weight is 322 g/mol. The number of amides is 1. The molecule has 0 aliphatic carbocycles. The van der Waals surface area contributed by atoms with E-state index in [1.54, 1.807) is 17.0 Å². The molecule has 4 nitrogen and oxygen atoms in total. The number of hydrogen-bond donors (Lipinski definition) is 0. The summed E-state index contributed by atoms with van der Waals surface area (Å²) in [7, 11) is 0. The van der Waals surface area contributed by atoms with Crippen LogP contribution in [0.2, 0.25) is 0 Å². The van der Waals surface area contributed by atoms with Gasteiger partial charge in [0, 0.05) is 38.3 Å². The predicted molar refractivity (Wildman–Crippen MR) is 93.8 cm³/mol. The molecule has 24 heavy (non-hydrogen) atoms. The molecule has 0 bridgehead atoms. The van der Waals surface area contributed by atoms with Crippen molar-refractivity contribution >= 4 is 11.7 Å². The molecule has 2 aromatic carbocycles. The van der Waals surface area contributed by atoms with Crippen LogP contribution in [0.1, 0.15) is 21.5 Å². The standard InChI is InChI=1S/C20H22N2O2/c1-16-7-9-18(10-8-16)19(23)20(24)22-13-11-21(12-14-22)15-17-5-3-2-4-6-17/h2-10H,11-15H2,1H3. The minimum Gasteiger partial charge on any atom is -0.333 e. The van der Waals surface area contributed by atoms with Gasteiger partial charge in [-0.1, -0.05) is 60.2 Å². The normalized spacial score (nSPS) is 15.3. The van der Waals surface area contributed by atoms with Crippen molar-refractivity contribution in [2.45, 2.75) is 13.5 Å². The number of hydrogen-bond acceptors (Lipinski definition) is 3. The predicted octanol–water partition coefficient (Wildman–Crippen LogP) is 2.52. The number of carbonyl (C=O) groups is 2. The van der Waals surface area contributed by atoms with Crippen molar-refractivity contribution in [3.05, 3.63) is 71.3 Å². The maximum Gasteiger partial charge on any atom is 0.295 e. The van der Waals surface area contributed by atoms with Gasteiger partial charge < -0.3 is 4.90 Å². The summed E-state index contributed by atoms with van der Waals surface area (Å²) in [6.45, 7) is 5.63. The summed E-state index contributed by atoms with van der Waals surface area (Å²) in [4.78, 5) is 28.7. The van der Waals surface area contributed by atoms with E-state index in [4.69, 9.17) is 0 Å². The Bertz CT molecular complexity index is 702. The molecule has 1 saturated heterocycles. The molecule has 0 saturated carbocycles. The molecule has 0 aromatic heterocycles. The first-order valence-corrected chi connectivity index (χ1v) is 8.30. The van der Waals surface area contributed by atoms with Crippen LogP contribution in [0.25, 0.3) is 0 Å². The number of rotatable bonds is 4. The third-order valence-electron chi connectivity index (χ3n) is 4.42. The Morgan fingerprint density at radius 3 is 2.12 bits per heavy atom. The van der Waals surface area contributed by atoms with Gasteiger partial charge in [0.2, 0.25) is 5.78 Å². The molecule has 124 valence electrons. The van der Waals surface area contributed by atoms with Crippen molar-refractivity contribution in [1.82, 2.24) is 9.80 Å². The van der Waals surface area contributed by atoms with Crippen molar-refractivity contribution in [1.29, 1.82) is 0 Å². The Hall–Kier alpha value is -2.46. The molecule has 0 spiro atoms.